The first kappa shape index (κ1) is 20.3. The zero-order valence-electron chi connectivity index (χ0n) is 16.5. The zero-order valence-corrected chi connectivity index (χ0v) is 17.3. The predicted octanol–water partition coefficient (Wildman–Crippen LogP) is 4.35. The molecule has 1 aromatic carbocycles. The Hall–Kier alpha value is -2.46. The minimum atomic E-state index is -0.990. The number of aliphatic hydroxyl groups is 1. The van der Waals surface area contributed by atoms with Crippen LogP contribution in [0.5, 0.6) is 0 Å². The summed E-state index contributed by atoms with van der Waals surface area (Å²) in [4.78, 5) is 2.10. The zero-order chi connectivity index (χ0) is 20.3. The number of nitrogens with zero attached hydrogens (tertiary/aromatic N) is 2. The Morgan fingerprint density at radius 1 is 1.32 bits per heavy atom. The van der Waals surface area contributed by atoms with Crippen molar-refractivity contribution in [2.45, 2.75) is 45.9 Å². The molecule has 0 saturated heterocycles. The highest BCUT2D eigenvalue weighted by Crippen LogP contribution is 2.22. The van der Waals surface area contributed by atoms with E-state index in [0.29, 0.717) is 12.2 Å². The van der Waals surface area contributed by atoms with E-state index in [2.05, 4.69) is 29.2 Å². The Balaban J connectivity index is 1.67. The van der Waals surface area contributed by atoms with Crippen molar-refractivity contribution < 1.29 is 9.50 Å². The van der Waals surface area contributed by atoms with Crippen molar-refractivity contribution in [2.75, 3.05) is 0 Å². The van der Waals surface area contributed by atoms with Gasteiger partial charge in [-0.05, 0) is 58.0 Å². The third kappa shape index (κ3) is 5.08. The predicted molar refractivity (Wildman–Crippen MR) is 111 cm³/mol. The summed E-state index contributed by atoms with van der Waals surface area (Å²) < 4.78 is 15.3. The molecule has 0 fully saturated rings. The number of hydrogen-bond donors (Lipinski definition) is 2. The van der Waals surface area contributed by atoms with Crippen molar-refractivity contribution >= 4 is 11.3 Å². The van der Waals surface area contributed by atoms with Gasteiger partial charge in [0.15, 0.2) is 0 Å². The molecule has 0 spiro atoms. The van der Waals surface area contributed by atoms with Crippen molar-refractivity contribution in [1.82, 2.24) is 15.1 Å². The fourth-order valence-electron chi connectivity index (χ4n) is 2.83. The van der Waals surface area contributed by atoms with E-state index in [1.165, 1.54) is 17.0 Å². The molecule has 2 aromatic heterocycles. The van der Waals surface area contributed by atoms with Gasteiger partial charge in [-0.3, -0.25) is 0 Å². The SMILES string of the molecule is Cc1c(C(C)NCc2ccc(C#CC(C)(C)O)s2)cnn1-c1cccc(F)c1. The maximum Gasteiger partial charge on any atom is 0.125 e. The van der Waals surface area contributed by atoms with Crippen molar-refractivity contribution in [3.05, 3.63) is 69.4 Å². The number of aromatic nitrogens is 2. The minimum absolute atomic E-state index is 0.0929. The normalized spacial score (nSPS) is 12.5. The van der Waals surface area contributed by atoms with Crippen molar-refractivity contribution in [2.24, 2.45) is 0 Å². The van der Waals surface area contributed by atoms with Crippen LogP contribution in [0.15, 0.2) is 42.6 Å². The summed E-state index contributed by atoms with van der Waals surface area (Å²) in [6, 6.07) is 10.5. The second-order valence-corrected chi connectivity index (χ2v) is 8.42. The van der Waals surface area contributed by atoms with Crippen LogP contribution in [0.4, 0.5) is 4.39 Å². The molecule has 146 valence electrons. The first-order valence-corrected chi connectivity index (χ1v) is 9.93. The van der Waals surface area contributed by atoms with Gasteiger partial charge in [0.05, 0.1) is 16.8 Å². The summed E-state index contributed by atoms with van der Waals surface area (Å²) in [6.07, 6.45) is 1.83. The van der Waals surface area contributed by atoms with E-state index in [1.807, 2.05) is 31.3 Å². The Morgan fingerprint density at radius 2 is 2.11 bits per heavy atom. The maximum atomic E-state index is 13.5. The molecule has 3 aromatic rings. The summed E-state index contributed by atoms with van der Waals surface area (Å²) in [5.41, 5.74) is 1.77. The number of benzene rings is 1. The third-order valence-electron chi connectivity index (χ3n) is 4.30. The number of nitrogens with one attached hydrogen (secondary N) is 1. The van der Waals surface area contributed by atoms with Gasteiger partial charge >= 0.3 is 0 Å². The molecule has 0 amide bonds. The molecule has 3 rings (SSSR count). The van der Waals surface area contributed by atoms with E-state index in [0.717, 1.165) is 16.1 Å². The van der Waals surface area contributed by atoms with E-state index >= 15 is 0 Å². The summed E-state index contributed by atoms with van der Waals surface area (Å²) >= 11 is 1.61. The highest BCUT2D eigenvalue weighted by molar-refractivity contribution is 7.12. The van der Waals surface area contributed by atoms with Crippen LogP contribution in [-0.2, 0) is 6.54 Å². The number of thiophene rings is 1. The van der Waals surface area contributed by atoms with Crippen LogP contribution in [0, 0.1) is 24.6 Å². The smallest absolute Gasteiger partial charge is 0.125 e. The van der Waals surface area contributed by atoms with Gasteiger partial charge in [0, 0.05) is 28.7 Å². The van der Waals surface area contributed by atoms with Crippen LogP contribution < -0.4 is 5.32 Å². The van der Waals surface area contributed by atoms with E-state index in [9.17, 15) is 9.50 Å². The molecule has 0 aliphatic heterocycles. The Labute approximate surface area is 169 Å². The molecule has 0 radical (unpaired) electrons. The van der Waals surface area contributed by atoms with Gasteiger partial charge in [-0.1, -0.05) is 17.9 Å². The van der Waals surface area contributed by atoms with Crippen molar-refractivity contribution in [3.8, 4) is 17.5 Å². The van der Waals surface area contributed by atoms with E-state index in [-0.39, 0.29) is 11.9 Å². The molecule has 2 heterocycles. The van der Waals surface area contributed by atoms with Crippen LogP contribution in [0.25, 0.3) is 5.69 Å². The van der Waals surface area contributed by atoms with Gasteiger partial charge < -0.3 is 10.4 Å². The summed E-state index contributed by atoms with van der Waals surface area (Å²) in [5.74, 6) is 5.56. The highest BCUT2D eigenvalue weighted by Gasteiger charge is 2.15. The minimum Gasteiger partial charge on any atom is -0.378 e. The van der Waals surface area contributed by atoms with Crippen LogP contribution in [0.1, 0.15) is 47.8 Å². The average Bonchev–Trinajstić information content (AvgIpc) is 3.24. The van der Waals surface area contributed by atoms with E-state index < -0.39 is 5.60 Å². The van der Waals surface area contributed by atoms with Crippen molar-refractivity contribution in [1.29, 1.82) is 0 Å². The van der Waals surface area contributed by atoms with E-state index in [4.69, 9.17) is 0 Å². The maximum absolute atomic E-state index is 13.5. The Kier molecular flexibility index (Phi) is 5.99. The fourth-order valence-corrected chi connectivity index (χ4v) is 3.65. The lowest BCUT2D eigenvalue weighted by Crippen LogP contribution is -2.18. The quantitative estimate of drug-likeness (QED) is 0.629. The largest absolute Gasteiger partial charge is 0.378 e. The topological polar surface area (TPSA) is 50.1 Å². The van der Waals surface area contributed by atoms with Crippen LogP contribution in [0.3, 0.4) is 0 Å². The van der Waals surface area contributed by atoms with Crippen LogP contribution in [-0.4, -0.2) is 20.5 Å². The first-order chi connectivity index (χ1) is 13.2. The molecule has 6 heteroatoms. The number of halogens is 1. The molecule has 0 saturated carbocycles. The highest BCUT2D eigenvalue weighted by atomic mass is 32.1. The van der Waals surface area contributed by atoms with Gasteiger partial charge in [0.2, 0.25) is 0 Å². The molecular formula is C22H24FN3OS. The summed E-state index contributed by atoms with van der Waals surface area (Å²) in [5, 5.41) is 17.6. The van der Waals surface area contributed by atoms with Gasteiger partial charge in [-0.15, -0.1) is 11.3 Å². The third-order valence-corrected chi connectivity index (χ3v) is 5.30. The van der Waals surface area contributed by atoms with Gasteiger partial charge in [0.25, 0.3) is 0 Å². The molecule has 0 aliphatic carbocycles. The fraction of sp³-hybridized carbons (Fsp3) is 0.318. The monoisotopic (exact) mass is 397 g/mol. The molecule has 0 aliphatic rings. The molecule has 28 heavy (non-hydrogen) atoms. The molecule has 1 atom stereocenters. The van der Waals surface area contributed by atoms with Gasteiger partial charge in [-0.25, -0.2) is 9.07 Å². The van der Waals surface area contributed by atoms with Gasteiger partial charge in [0.1, 0.15) is 11.4 Å². The van der Waals surface area contributed by atoms with Crippen LogP contribution >= 0.6 is 11.3 Å². The number of hydrogen-bond acceptors (Lipinski definition) is 4. The molecule has 2 N–H and O–H groups in total. The van der Waals surface area contributed by atoms with Crippen LogP contribution in [0.2, 0.25) is 0 Å². The summed E-state index contributed by atoms with van der Waals surface area (Å²) in [7, 11) is 0. The average molecular weight is 398 g/mol. The number of rotatable bonds is 5. The standard InChI is InChI=1S/C22H24FN3OS/c1-15(24-13-20-9-8-19(28-20)10-11-22(3,4)27)21-14-25-26(16(21)2)18-7-5-6-17(23)12-18/h5-9,12,14-15,24,27H,13H2,1-4H3. The van der Waals surface area contributed by atoms with E-state index in [1.54, 1.807) is 35.9 Å². The lowest BCUT2D eigenvalue weighted by atomic mass is 10.1. The Morgan fingerprint density at radius 3 is 2.82 bits per heavy atom. The molecule has 1 unspecified atom stereocenters. The first-order valence-electron chi connectivity index (χ1n) is 9.11. The lowest BCUT2D eigenvalue weighted by molar-refractivity contribution is 0.143. The second-order valence-electron chi connectivity index (χ2n) is 7.25. The van der Waals surface area contributed by atoms with Crippen molar-refractivity contribution in [3.63, 3.8) is 0 Å². The lowest BCUT2D eigenvalue weighted by Gasteiger charge is -2.13. The molecule has 4 nitrogen and oxygen atoms in total. The summed E-state index contributed by atoms with van der Waals surface area (Å²) in [6.45, 7) is 8.12. The second kappa shape index (κ2) is 8.27. The molecular weight excluding hydrogens is 373 g/mol. The molecule has 0 bridgehead atoms. The van der Waals surface area contributed by atoms with Gasteiger partial charge in [-0.2, -0.15) is 5.10 Å². The Bertz CT molecular complexity index is 1020.